The molecule has 78 valence electrons. The van der Waals surface area contributed by atoms with E-state index in [0.717, 1.165) is 6.08 Å². The minimum Gasteiger partial charge on any atom is -0.258 e. The number of hydrogen-bond acceptors (Lipinski definition) is 4. The molecule has 0 spiro atoms. The summed E-state index contributed by atoms with van der Waals surface area (Å²) in [5.41, 5.74) is -0.392. The van der Waals surface area contributed by atoms with E-state index in [0.29, 0.717) is 5.57 Å². The van der Waals surface area contributed by atoms with Crippen LogP contribution in [0.1, 0.15) is 6.92 Å². The van der Waals surface area contributed by atoms with E-state index in [9.17, 15) is 20.2 Å². The molecule has 0 unspecified atom stereocenters. The fourth-order valence-corrected chi connectivity index (χ4v) is 0.682. The molecule has 0 aromatic heterocycles. The second kappa shape index (κ2) is 5.74. The molecule has 0 aliphatic heterocycles. The first-order chi connectivity index (χ1) is 6.88. The standard InChI is InChI=1S/C8H9BN2O4/c1-6(5-9)3-8(11(14)15)4-7(2)10(12)13/h3-4H,2,5H2,1H3/b6-3+,8-4+. The third-order valence-corrected chi connectivity index (χ3v) is 1.48. The lowest BCUT2D eigenvalue weighted by atomic mass is 9.97. The van der Waals surface area contributed by atoms with Gasteiger partial charge in [0.1, 0.15) is 0 Å². The molecule has 0 aliphatic rings. The van der Waals surface area contributed by atoms with E-state index < -0.39 is 21.2 Å². The third kappa shape index (κ3) is 4.75. The second-order valence-electron chi connectivity index (χ2n) is 2.77. The second-order valence-corrected chi connectivity index (χ2v) is 2.77. The fraction of sp³-hybridized carbons (Fsp3) is 0.250. The Labute approximate surface area is 87.7 Å². The average molecular weight is 208 g/mol. The van der Waals surface area contributed by atoms with Crippen LogP contribution >= 0.6 is 0 Å². The predicted octanol–water partition coefficient (Wildman–Crippen LogP) is 1.47. The summed E-state index contributed by atoms with van der Waals surface area (Å²) in [6.45, 7) is 4.66. The Bertz CT molecular complexity index is 360. The summed E-state index contributed by atoms with van der Waals surface area (Å²) >= 11 is 0. The van der Waals surface area contributed by atoms with Gasteiger partial charge in [-0.3, -0.25) is 20.2 Å². The van der Waals surface area contributed by atoms with Crippen molar-refractivity contribution in [3.63, 3.8) is 0 Å². The molecule has 2 radical (unpaired) electrons. The minimum atomic E-state index is -0.797. The summed E-state index contributed by atoms with van der Waals surface area (Å²) in [4.78, 5) is 19.2. The summed E-state index contributed by atoms with van der Waals surface area (Å²) < 4.78 is 0. The van der Waals surface area contributed by atoms with Gasteiger partial charge in [-0.05, 0) is 13.5 Å². The van der Waals surface area contributed by atoms with E-state index >= 15 is 0 Å². The van der Waals surface area contributed by atoms with Gasteiger partial charge in [0.05, 0.1) is 23.8 Å². The third-order valence-electron chi connectivity index (χ3n) is 1.48. The monoisotopic (exact) mass is 208 g/mol. The highest BCUT2D eigenvalue weighted by Gasteiger charge is 2.12. The fourth-order valence-electron chi connectivity index (χ4n) is 0.682. The van der Waals surface area contributed by atoms with Gasteiger partial charge in [0, 0.05) is 6.08 Å². The topological polar surface area (TPSA) is 86.3 Å². The SMILES string of the molecule is [B]C/C(C)=C/C(=C\C(=C)[N+](=O)[O-])[N+](=O)[O-]. The molecule has 0 atom stereocenters. The Kier molecular flexibility index (Phi) is 5.01. The van der Waals surface area contributed by atoms with Gasteiger partial charge in [0.15, 0.2) is 0 Å². The number of nitro groups is 2. The summed E-state index contributed by atoms with van der Waals surface area (Å²) in [5, 5.41) is 20.7. The zero-order valence-electron chi connectivity index (χ0n) is 8.17. The van der Waals surface area contributed by atoms with Gasteiger partial charge in [-0.15, -0.1) is 0 Å². The predicted molar refractivity (Wildman–Crippen MR) is 55.5 cm³/mol. The highest BCUT2D eigenvalue weighted by molar-refractivity contribution is 6.10. The largest absolute Gasteiger partial charge is 0.276 e. The lowest BCUT2D eigenvalue weighted by molar-refractivity contribution is -0.430. The molecule has 0 fully saturated rings. The van der Waals surface area contributed by atoms with Gasteiger partial charge in [-0.2, -0.15) is 0 Å². The normalized spacial score (nSPS) is 12.3. The summed E-state index contributed by atoms with van der Waals surface area (Å²) in [6.07, 6.45) is 2.12. The van der Waals surface area contributed by atoms with Crippen LogP contribution in [0.4, 0.5) is 0 Å². The number of hydrogen-bond donors (Lipinski definition) is 0. The molecule has 0 saturated carbocycles. The van der Waals surface area contributed by atoms with Crippen molar-refractivity contribution < 1.29 is 9.85 Å². The Balaban J connectivity index is 5.07. The van der Waals surface area contributed by atoms with Crippen LogP contribution in [-0.4, -0.2) is 17.7 Å². The van der Waals surface area contributed by atoms with Gasteiger partial charge in [-0.25, -0.2) is 0 Å². The van der Waals surface area contributed by atoms with Gasteiger partial charge >= 0.3 is 0 Å². The van der Waals surface area contributed by atoms with E-state index in [1.807, 2.05) is 0 Å². The summed E-state index contributed by atoms with van der Waals surface area (Å²) in [7, 11) is 5.24. The van der Waals surface area contributed by atoms with Crippen molar-refractivity contribution in [3.8, 4) is 0 Å². The van der Waals surface area contributed by atoms with Crippen molar-refractivity contribution in [1.82, 2.24) is 0 Å². The highest BCUT2D eigenvalue weighted by Crippen LogP contribution is 2.08. The summed E-state index contributed by atoms with van der Waals surface area (Å²) in [6, 6.07) is 0. The van der Waals surface area contributed by atoms with Crippen LogP contribution in [0.5, 0.6) is 0 Å². The van der Waals surface area contributed by atoms with E-state index in [4.69, 9.17) is 7.85 Å². The van der Waals surface area contributed by atoms with Crippen molar-refractivity contribution in [2.45, 2.75) is 13.2 Å². The first-order valence-corrected chi connectivity index (χ1v) is 3.95. The Morgan fingerprint density at radius 1 is 1.33 bits per heavy atom. The van der Waals surface area contributed by atoms with Crippen LogP contribution in [0.3, 0.4) is 0 Å². The van der Waals surface area contributed by atoms with Crippen LogP contribution < -0.4 is 0 Å². The molecule has 15 heavy (non-hydrogen) atoms. The van der Waals surface area contributed by atoms with E-state index in [1.54, 1.807) is 6.92 Å². The molecule has 0 aromatic carbocycles. The molecule has 6 nitrogen and oxygen atoms in total. The zero-order chi connectivity index (χ0) is 12.0. The molecule has 0 saturated heterocycles. The first-order valence-electron chi connectivity index (χ1n) is 3.95. The summed E-state index contributed by atoms with van der Waals surface area (Å²) in [5.74, 6) is 0. The molecule has 0 aliphatic carbocycles. The number of rotatable bonds is 5. The maximum atomic E-state index is 10.5. The van der Waals surface area contributed by atoms with Crippen molar-refractivity contribution in [2.75, 3.05) is 0 Å². The maximum Gasteiger partial charge on any atom is 0.276 e. The maximum absolute atomic E-state index is 10.5. The smallest absolute Gasteiger partial charge is 0.258 e. The lowest BCUT2D eigenvalue weighted by Crippen LogP contribution is -2.01. The van der Waals surface area contributed by atoms with Crippen LogP contribution in [0.15, 0.2) is 35.7 Å². The van der Waals surface area contributed by atoms with Crippen LogP contribution in [0.25, 0.3) is 0 Å². The van der Waals surface area contributed by atoms with Gasteiger partial charge in [0.2, 0.25) is 0 Å². The van der Waals surface area contributed by atoms with Crippen molar-refractivity contribution in [1.29, 1.82) is 0 Å². The number of nitrogens with zero attached hydrogens (tertiary/aromatic N) is 2. The average Bonchev–Trinajstić information content (AvgIpc) is 2.15. The molecule has 7 heteroatoms. The molecule has 0 heterocycles. The minimum absolute atomic E-state index is 0.149. The van der Waals surface area contributed by atoms with Crippen LogP contribution in [0.2, 0.25) is 6.32 Å². The zero-order valence-corrected chi connectivity index (χ0v) is 8.17. The molecule has 0 amide bonds. The quantitative estimate of drug-likeness (QED) is 0.296. The molecular formula is C8H9BN2O4. The molecule has 0 aromatic rings. The highest BCUT2D eigenvalue weighted by atomic mass is 16.6. The number of allylic oxidation sites excluding steroid dienone is 3. The van der Waals surface area contributed by atoms with Crippen LogP contribution in [0, 0.1) is 20.2 Å². The van der Waals surface area contributed by atoms with Gasteiger partial charge in [-0.1, -0.05) is 11.9 Å². The van der Waals surface area contributed by atoms with E-state index in [2.05, 4.69) is 6.58 Å². The molecule has 0 bridgehead atoms. The van der Waals surface area contributed by atoms with Crippen molar-refractivity contribution >= 4 is 7.85 Å². The van der Waals surface area contributed by atoms with E-state index in [-0.39, 0.29) is 6.32 Å². The van der Waals surface area contributed by atoms with Crippen LogP contribution in [-0.2, 0) is 0 Å². The van der Waals surface area contributed by atoms with Gasteiger partial charge in [0.25, 0.3) is 11.4 Å². The Morgan fingerprint density at radius 3 is 2.20 bits per heavy atom. The van der Waals surface area contributed by atoms with Gasteiger partial charge < -0.3 is 0 Å². The lowest BCUT2D eigenvalue weighted by Gasteiger charge is -1.94. The molecule has 0 N–H and O–H groups in total. The Morgan fingerprint density at radius 2 is 1.87 bits per heavy atom. The van der Waals surface area contributed by atoms with E-state index in [1.165, 1.54) is 6.08 Å². The molecule has 0 rings (SSSR count). The molecular weight excluding hydrogens is 199 g/mol. The Hall–Kier alpha value is -1.92. The van der Waals surface area contributed by atoms with Crippen molar-refractivity contribution in [3.05, 3.63) is 55.9 Å². The first kappa shape index (κ1) is 13.1. The van der Waals surface area contributed by atoms with Crippen molar-refractivity contribution in [2.24, 2.45) is 0 Å².